The van der Waals surface area contributed by atoms with E-state index in [1.165, 1.54) is 13.3 Å². The van der Waals surface area contributed by atoms with Gasteiger partial charge in [0.15, 0.2) is 17.4 Å². The molecule has 0 bridgehead atoms. The van der Waals surface area contributed by atoms with Crippen LogP contribution in [0, 0.1) is 11.2 Å². The van der Waals surface area contributed by atoms with E-state index in [2.05, 4.69) is 55.7 Å². The molecular formula is C52H56ClFN13O6P. The highest BCUT2D eigenvalue weighted by atomic mass is 35.5. The molecule has 6 aromatic rings. The molecule has 0 radical (unpaired) electrons. The summed E-state index contributed by atoms with van der Waals surface area (Å²) in [6, 6.07) is 10.1. The van der Waals surface area contributed by atoms with Crippen LogP contribution in [0.5, 0.6) is 5.75 Å². The molecule has 74 heavy (non-hydrogen) atoms. The van der Waals surface area contributed by atoms with Crippen LogP contribution in [0.1, 0.15) is 72.1 Å². The van der Waals surface area contributed by atoms with Crippen LogP contribution >= 0.6 is 18.7 Å². The Hall–Kier alpha value is -7.02. The number of methoxy groups -OCH3 is 1. The van der Waals surface area contributed by atoms with E-state index in [0.717, 1.165) is 80.9 Å². The van der Waals surface area contributed by atoms with Gasteiger partial charge in [0, 0.05) is 81.1 Å². The first-order chi connectivity index (χ1) is 35.6. The third-order valence-electron chi connectivity index (χ3n) is 15.4. The van der Waals surface area contributed by atoms with E-state index < -0.39 is 42.6 Å². The number of piperidine rings is 4. The van der Waals surface area contributed by atoms with Gasteiger partial charge in [-0.3, -0.25) is 44.0 Å². The van der Waals surface area contributed by atoms with Gasteiger partial charge in [-0.25, -0.2) is 9.37 Å². The summed E-state index contributed by atoms with van der Waals surface area (Å²) in [5.74, 6) is -2.22. The number of imide groups is 2. The van der Waals surface area contributed by atoms with Crippen LogP contribution in [0.25, 0.3) is 22.2 Å². The number of hydrogen-bond donors (Lipinski definition) is 3. The quantitative estimate of drug-likeness (QED) is 0.0871. The summed E-state index contributed by atoms with van der Waals surface area (Å²) in [6.45, 7) is 8.15. The number of carbonyl (C=O) groups is 4. The summed E-state index contributed by atoms with van der Waals surface area (Å²) in [5.41, 5.74) is 5.25. The molecule has 384 valence electrons. The first-order valence-corrected chi connectivity index (χ1v) is 27.9. The molecule has 0 saturated carbocycles. The monoisotopic (exact) mass is 1040 g/mol. The van der Waals surface area contributed by atoms with E-state index in [1.807, 2.05) is 25.4 Å². The third-order valence-corrected chi connectivity index (χ3v) is 17.2. The van der Waals surface area contributed by atoms with E-state index in [4.69, 9.17) is 16.3 Å². The van der Waals surface area contributed by atoms with Crippen LogP contribution in [-0.2, 0) is 21.2 Å². The molecule has 4 amide bonds. The minimum atomic E-state index is -2.89. The molecule has 3 aromatic carbocycles. The highest BCUT2D eigenvalue weighted by Gasteiger charge is 2.46. The summed E-state index contributed by atoms with van der Waals surface area (Å²) in [5, 5.41) is 13.8. The zero-order valence-electron chi connectivity index (χ0n) is 41.5. The largest absolute Gasteiger partial charge is 0.492 e. The first-order valence-electron chi connectivity index (χ1n) is 24.9. The highest BCUT2D eigenvalue weighted by Crippen LogP contribution is 2.47. The number of likely N-dealkylation sites (tertiary alicyclic amines) is 1. The Kier molecular flexibility index (Phi) is 12.9. The molecule has 4 saturated heterocycles. The number of ether oxygens (including phenoxy) is 1. The molecule has 5 aliphatic rings. The molecule has 1 atom stereocenters. The summed E-state index contributed by atoms with van der Waals surface area (Å²) < 4.78 is 38.4. The number of aryl methyl sites for hydroxylation is 1. The normalized spacial score (nSPS) is 19.6. The zero-order chi connectivity index (χ0) is 51.6. The van der Waals surface area contributed by atoms with E-state index >= 15 is 4.39 Å². The van der Waals surface area contributed by atoms with Gasteiger partial charge in [0.05, 0.1) is 58.5 Å². The van der Waals surface area contributed by atoms with Gasteiger partial charge in [-0.1, -0.05) is 11.6 Å². The van der Waals surface area contributed by atoms with Gasteiger partial charge in [0.1, 0.15) is 23.7 Å². The highest BCUT2D eigenvalue weighted by molar-refractivity contribution is 7.71. The lowest BCUT2D eigenvalue weighted by molar-refractivity contribution is -0.136. The van der Waals surface area contributed by atoms with Gasteiger partial charge in [-0.15, -0.1) is 0 Å². The average molecular weight is 1040 g/mol. The van der Waals surface area contributed by atoms with E-state index in [9.17, 15) is 23.7 Å². The fraction of sp³-hybridized carbons (Fsp3) is 0.404. The summed E-state index contributed by atoms with van der Waals surface area (Å²) in [6.07, 6.45) is 14.2. The third kappa shape index (κ3) is 9.10. The van der Waals surface area contributed by atoms with Crippen LogP contribution in [0.4, 0.5) is 38.9 Å². The molecular weight excluding hydrogens is 988 g/mol. The fourth-order valence-corrected chi connectivity index (χ4v) is 13.3. The Labute approximate surface area is 431 Å². The van der Waals surface area contributed by atoms with Gasteiger partial charge in [0.25, 0.3) is 11.8 Å². The molecule has 22 heteroatoms. The van der Waals surface area contributed by atoms with Crippen molar-refractivity contribution in [1.29, 1.82) is 0 Å². The molecule has 3 N–H and O–H groups in total. The maximum atomic E-state index is 17.3. The number of amides is 4. The number of nitrogens with one attached hydrogen (secondary N) is 3. The van der Waals surface area contributed by atoms with Gasteiger partial charge >= 0.3 is 0 Å². The number of anilines is 6. The van der Waals surface area contributed by atoms with Crippen molar-refractivity contribution >= 4 is 93.2 Å². The lowest BCUT2D eigenvalue weighted by atomic mass is 9.72. The molecule has 8 heterocycles. The molecule has 4 fully saturated rings. The predicted octanol–water partition coefficient (Wildman–Crippen LogP) is 7.11. The second-order valence-corrected chi connectivity index (χ2v) is 24.0. The van der Waals surface area contributed by atoms with Crippen molar-refractivity contribution in [2.45, 2.75) is 63.5 Å². The van der Waals surface area contributed by atoms with Crippen molar-refractivity contribution in [3.63, 3.8) is 0 Å². The van der Waals surface area contributed by atoms with E-state index in [1.54, 1.807) is 60.9 Å². The summed E-state index contributed by atoms with van der Waals surface area (Å²) in [7, 11) is 0.356. The van der Waals surface area contributed by atoms with Crippen molar-refractivity contribution in [2.75, 3.05) is 80.1 Å². The van der Waals surface area contributed by atoms with Crippen molar-refractivity contribution in [3.8, 4) is 16.9 Å². The van der Waals surface area contributed by atoms with E-state index in [0.29, 0.717) is 63.7 Å². The number of hydrogen-bond acceptors (Lipinski definition) is 16. The van der Waals surface area contributed by atoms with Gasteiger partial charge < -0.3 is 34.6 Å². The smallest absolute Gasteiger partial charge is 0.262 e. The number of benzene rings is 3. The molecule has 19 nitrogen and oxygen atoms in total. The Morgan fingerprint density at radius 2 is 1.62 bits per heavy atom. The average Bonchev–Trinajstić information content (AvgIpc) is 3.93. The van der Waals surface area contributed by atoms with Gasteiger partial charge in [-0.05, 0) is 113 Å². The number of fused-ring (bicyclic) bond motifs is 2. The maximum Gasteiger partial charge on any atom is 0.262 e. The molecule has 5 aliphatic heterocycles. The Balaban J connectivity index is 0.771. The lowest BCUT2D eigenvalue weighted by Gasteiger charge is -2.50. The molecule has 0 aliphatic carbocycles. The standard InChI is InChI=1S/C52H56ClFN13O6P/c1-63-28-30(26-58-63)34-25-39(60-51-57-27-36(53)47(62-51)59-38-9-8-37-43(56-18-17-55-37)46(38)74(3,4)72)45(73-2)42(54)44(34)65-20-12-31(13-21-65)64-22-15-52(16-23-64)14-5-19-66(29-52)32-6-7-33-35(24-32)50(71)67(49(33)70)40-10-11-41(68)61-48(40)69/h6-9,17-18,24-28,31,40H,5,10-16,19-23,29H2,1-4H3,(H,61,68,69)(H2,57,59,60,62). The predicted molar refractivity (Wildman–Crippen MR) is 280 cm³/mol. The minimum absolute atomic E-state index is 0.00635. The number of halogens is 2. The van der Waals surface area contributed by atoms with Crippen molar-refractivity contribution < 1.29 is 32.9 Å². The van der Waals surface area contributed by atoms with Crippen LogP contribution in [0.15, 0.2) is 67.4 Å². The second-order valence-electron chi connectivity index (χ2n) is 20.4. The maximum absolute atomic E-state index is 17.3. The lowest BCUT2D eigenvalue weighted by Crippen LogP contribution is -2.54. The number of aromatic nitrogens is 6. The molecule has 3 aromatic heterocycles. The van der Waals surface area contributed by atoms with Crippen LogP contribution < -0.4 is 35.8 Å². The number of carbonyl (C=O) groups excluding carboxylic acids is 4. The minimum Gasteiger partial charge on any atom is -0.492 e. The van der Waals surface area contributed by atoms with Crippen molar-refractivity contribution in [1.82, 2.24) is 44.8 Å². The number of rotatable bonds is 11. The van der Waals surface area contributed by atoms with E-state index in [-0.39, 0.29) is 46.4 Å². The van der Waals surface area contributed by atoms with Crippen molar-refractivity contribution in [2.24, 2.45) is 12.5 Å². The Morgan fingerprint density at radius 1 is 0.851 bits per heavy atom. The molecule has 11 rings (SSSR count). The SMILES string of the molecule is COc1c(Nc2ncc(Cl)c(Nc3ccc4nccnc4c3P(C)(C)=O)n2)cc(-c2cnn(C)c2)c(N2CCC(N3CCC4(CCCN(c5ccc6c(c5)C(=O)N(C5CCC(=O)NC5=O)C6=O)C4)CC3)CC2)c1F. The van der Waals surface area contributed by atoms with Gasteiger partial charge in [-0.2, -0.15) is 10.1 Å². The zero-order valence-corrected chi connectivity index (χ0v) is 43.2. The first kappa shape index (κ1) is 49.2. The fourth-order valence-electron chi connectivity index (χ4n) is 11.7. The summed E-state index contributed by atoms with van der Waals surface area (Å²) in [4.78, 5) is 77.5. The Morgan fingerprint density at radius 3 is 2.35 bits per heavy atom. The van der Waals surface area contributed by atoms with Crippen LogP contribution in [0.3, 0.4) is 0 Å². The van der Waals surface area contributed by atoms with Crippen LogP contribution in [-0.4, -0.2) is 135 Å². The molecule has 1 unspecified atom stereocenters. The topological polar surface area (TPSA) is 213 Å². The number of nitrogens with zero attached hydrogens (tertiary/aromatic N) is 10. The van der Waals surface area contributed by atoms with Gasteiger partial charge in [0.2, 0.25) is 17.8 Å². The molecule has 1 spiro atoms. The Bertz CT molecular complexity index is 3320. The van der Waals surface area contributed by atoms with Crippen molar-refractivity contribution in [3.05, 3.63) is 89.3 Å². The summed E-state index contributed by atoms with van der Waals surface area (Å²) >= 11 is 6.65. The van der Waals surface area contributed by atoms with Crippen LogP contribution in [0.2, 0.25) is 5.02 Å². The second kappa shape index (κ2) is 19.4.